The first kappa shape index (κ1) is 15.8. The Morgan fingerprint density at radius 2 is 2.08 bits per heavy atom. The van der Waals surface area contributed by atoms with Crippen LogP contribution in [0, 0.1) is 28.6 Å². The molecule has 6 nitrogen and oxygen atoms in total. The zero-order valence-corrected chi connectivity index (χ0v) is 14.3. The molecule has 1 aliphatic heterocycles. The first-order valence-electron chi connectivity index (χ1n) is 9.14. The molecule has 4 bridgehead atoms. The van der Waals surface area contributed by atoms with Gasteiger partial charge in [0, 0.05) is 18.3 Å². The van der Waals surface area contributed by atoms with Crippen molar-refractivity contribution in [2.45, 2.75) is 62.8 Å². The van der Waals surface area contributed by atoms with Crippen LogP contribution in [0.2, 0.25) is 0 Å². The second-order valence-corrected chi connectivity index (χ2v) is 9.43. The molecule has 4 aliphatic carbocycles. The molecule has 1 saturated heterocycles. The van der Waals surface area contributed by atoms with Gasteiger partial charge in [0.2, 0.25) is 0 Å². The van der Waals surface area contributed by atoms with Crippen LogP contribution in [0.25, 0.3) is 0 Å². The molecule has 8 atom stereocenters. The number of carboxylic acid groups (broad SMARTS) is 1. The smallest absolute Gasteiger partial charge is 0.312 e. The predicted octanol–water partition coefficient (Wildman–Crippen LogP) is 1.25. The molecule has 0 aromatic heterocycles. The standard InChI is InChI=1S/C19H24O6/c1-9-5-17-8-18(9,24)4-3-11(17)19-7-10(20)6-16(2,15(23)25-19)13(19)12(17)14(21)22/h10-13,20,24H,1,3-8H2,2H3,(H,21,22)/t10-,11-,12-,13-,16-,17+,18+,19-/m1/s1. The topological polar surface area (TPSA) is 104 Å². The minimum atomic E-state index is -1.00. The Morgan fingerprint density at radius 3 is 2.76 bits per heavy atom. The molecule has 25 heavy (non-hydrogen) atoms. The molecule has 4 saturated carbocycles. The minimum absolute atomic E-state index is 0.147. The third-order valence-corrected chi connectivity index (χ3v) is 8.35. The lowest BCUT2D eigenvalue weighted by Gasteiger charge is -2.46. The third-order valence-electron chi connectivity index (χ3n) is 8.35. The first-order chi connectivity index (χ1) is 11.6. The van der Waals surface area contributed by atoms with E-state index >= 15 is 0 Å². The van der Waals surface area contributed by atoms with Crippen molar-refractivity contribution in [2.24, 2.45) is 28.6 Å². The van der Waals surface area contributed by atoms with Gasteiger partial charge in [0.1, 0.15) is 5.60 Å². The van der Waals surface area contributed by atoms with Crippen molar-refractivity contribution in [3.05, 3.63) is 12.2 Å². The van der Waals surface area contributed by atoms with Crippen molar-refractivity contribution in [3.63, 3.8) is 0 Å². The molecular formula is C19H24O6. The van der Waals surface area contributed by atoms with Gasteiger partial charge in [0.05, 0.1) is 23.0 Å². The van der Waals surface area contributed by atoms with Gasteiger partial charge >= 0.3 is 11.9 Å². The molecule has 1 spiro atoms. The highest BCUT2D eigenvalue weighted by atomic mass is 16.6. The lowest BCUT2D eigenvalue weighted by atomic mass is 9.59. The summed E-state index contributed by atoms with van der Waals surface area (Å²) in [5.74, 6) is -2.64. The quantitative estimate of drug-likeness (QED) is 0.487. The van der Waals surface area contributed by atoms with Crippen LogP contribution in [0.5, 0.6) is 0 Å². The Morgan fingerprint density at radius 1 is 1.36 bits per heavy atom. The zero-order chi connectivity index (χ0) is 18.0. The van der Waals surface area contributed by atoms with Crippen LogP contribution in [0.15, 0.2) is 12.2 Å². The molecule has 6 heteroatoms. The summed E-state index contributed by atoms with van der Waals surface area (Å²) in [6.45, 7) is 5.80. The summed E-state index contributed by atoms with van der Waals surface area (Å²) in [6.07, 6.45) is 1.85. The maximum atomic E-state index is 12.7. The molecule has 0 aromatic rings. The summed E-state index contributed by atoms with van der Waals surface area (Å²) in [6, 6.07) is 0. The number of carbonyl (C=O) groups is 2. The molecule has 0 radical (unpaired) electrons. The maximum Gasteiger partial charge on any atom is 0.312 e. The van der Waals surface area contributed by atoms with Crippen molar-refractivity contribution < 1.29 is 29.6 Å². The van der Waals surface area contributed by atoms with Crippen LogP contribution in [-0.2, 0) is 14.3 Å². The maximum absolute atomic E-state index is 12.7. The highest BCUT2D eigenvalue weighted by Crippen LogP contribution is 2.78. The summed E-state index contributed by atoms with van der Waals surface area (Å²) in [4.78, 5) is 25.1. The fourth-order valence-corrected chi connectivity index (χ4v) is 7.77. The van der Waals surface area contributed by atoms with Gasteiger partial charge in [-0.2, -0.15) is 0 Å². The van der Waals surface area contributed by atoms with Gasteiger partial charge in [-0.05, 0) is 50.0 Å². The molecule has 136 valence electrons. The van der Waals surface area contributed by atoms with E-state index in [1.165, 1.54) is 0 Å². The number of aliphatic carboxylic acids is 1. The summed E-state index contributed by atoms with van der Waals surface area (Å²) >= 11 is 0. The van der Waals surface area contributed by atoms with Crippen LogP contribution in [0.4, 0.5) is 0 Å². The largest absolute Gasteiger partial charge is 0.481 e. The average Bonchev–Trinajstić information content (AvgIpc) is 2.88. The fourth-order valence-electron chi connectivity index (χ4n) is 7.77. The number of carboxylic acids is 1. The number of hydrogen-bond acceptors (Lipinski definition) is 5. The number of hydrogen-bond donors (Lipinski definition) is 3. The van der Waals surface area contributed by atoms with E-state index in [9.17, 15) is 24.9 Å². The van der Waals surface area contributed by atoms with Crippen LogP contribution in [0.1, 0.15) is 45.4 Å². The summed E-state index contributed by atoms with van der Waals surface area (Å²) in [5.41, 5.74) is -2.82. The number of fused-ring (bicyclic) bond motifs is 1. The van der Waals surface area contributed by atoms with Gasteiger partial charge in [-0.1, -0.05) is 6.58 Å². The molecule has 5 aliphatic rings. The average molecular weight is 348 g/mol. The van der Waals surface area contributed by atoms with Gasteiger partial charge in [0.15, 0.2) is 0 Å². The molecule has 5 fully saturated rings. The van der Waals surface area contributed by atoms with E-state index in [4.69, 9.17) is 4.74 Å². The number of aliphatic hydroxyl groups excluding tert-OH is 1. The number of carbonyl (C=O) groups excluding carboxylic acids is 1. The van der Waals surface area contributed by atoms with Gasteiger partial charge in [-0.15, -0.1) is 0 Å². The molecule has 3 N–H and O–H groups in total. The van der Waals surface area contributed by atoms with E-state index in [2.05, 4.69) is 6.58 Å². The van der Waals surface area contributed by atoms with E-state index in [1.807, 2.05) is 0 Å². The number of ether oxygens (including phenoxy) is 1. The second kappa shape index (κ2) is 4.12. The predicted molar refractivity (Wildman–Crippen MR) is 85.3 cm³/mol. The Labute approximate surface area is 145 Å². The van der Waals surface area contributed by atoms with E-state index in [0.29, 0.717) is 37.7 Å². The number of rotatable bonds is 1. The van der Waals surface area contributed by atoms with E-state index < -0.39 is 45.9 Å². The normalized spacial score (nSPS) is 58.7. The molecule has 0 unspecified atom stereocenters. The van der Waals surface area contributed by atoms with Crippen LogP contribution in [-0.4, -0.2) is 44.6 Å². The van der Waals surface area contributed by atoms with Crippen molar-refractivity contribution in [2.75, 3.05) is 0 Å². The second-order valence-electron chi connectivity index (χ2n) is 9.43. The van der Waals surface area contributed by atoms with Crippen LogP contribution >= 0.6 is 0 Å². The lowest BCUT2D eigenvalue weighted by molar-refractivity contribution is -0.163. The van der Waals surface area contributed by atoms with Gasteiger partial charge in [-0.3, -0.25) is 9.59 Å². The molecule has 1 heterocycles. The van der Waals surface area contributed by atoms with E-state index in [1.54, 1.807) is 6.92 Å². The number of esters is 1. The highest BCUT2D eigenvalue weighted by molar-refractivity contribution is 5.84. The fraction of sp³-hybridized carbons (Fsp3) is 0.789. The molecular weight excluding hydrogens is 324 g/mol. The molecule has 0 aromatic carbocycles. The summed E-state index contributed by atoms with van der Waals surface area (Å²) < 4.78 is 5.96. The summed E-state index contributed by atoms with van der Waals surface area (Å²) in [7, 11) is 0. The first-order valence-corrected chi connectivity index (χ1v) is 9.14. The van der Waals surface area contributed by atoms with Crippen molar-refractivity contribution in [1.82, 2.24) is 0 Å². The molecule has 0 amide bonds. The minimum Gasteiger partial charge on any atom is -0.481 e. The monoisotopic (exact) mass is 348 g/mol. The SMILES string of the molecule is C=C1C[C@]23C[C@@]1(O)CC[C@H]2[C@@]12C[C@H](O)C[C@@](C)(C(=O)O1)[C@H]2[C@@H]3C(=O)O. The lowest BCUT2D eigenvalue weighted by Crippen LogP contribution is -2.51. The van der Waals surface area contributed by atoms with Crippen LogP contribution in [0.3, 0.4) is 0 Å². The summed E-state index contributed by atoms with van der Waals surface area (Å²) in [5, 5.41) is 31.6. The molecule has 5 rings (SSSR count). The zero-order valence-electron chi connectivity index (χ0n) is 14.3. The van der Waals surface area contributed by atoms with E-state index in [0.717, 1.165) is 0 Å². The Balaban J connectivity index is 1.76. The highest BCUT2D eigenvalue weighted by Gasteiger charge is 2.83. The van der Waals surface area contributed by atoms with E-state index in [-0.39, 0.29) is 18.3 Å². The van der Waals surface area contributed by atoms with Crippen molar-refractivity contribution in [1.29, 1.82) is 0 Å². The van der Waals surface area contributed by atoms with Gasteiger partial charge in [0.25, 0.3) is 0 Å². The Hall–Kier alpha value is -1.40. The van der Waals surface area contributed by atoms with Crippen LogP contribution < -0.4 is 0 Å². The van der Waals surface area contributed by atoms with Gasteiger partial charge in [-0.25, -0.2) is 0 Å². The van der Waals surface area contributed by atoms with Crippen molar-refractivity contribution >= 4 is 11.9 Å². The number of aliphatic hydroxyl groups is 2. The Kier molecular flexibility index (Phi) is 2.61. The third kappa shape index (κ3) is 1.48. The Bertz CT molecular complexity index is 731. The van der Waals surface area contributed by atoms with Crippen molar-refractivity contribution in [3.8, 4) is 0 Å². The van der Waals surface area contributed by atoms with Gasteiger partial charge < -0.3 is 20.1 Å².